The van der Waals surface area contributed by atoms with E-state index in [4.69, 9.17) is 0 Å². The SMILES string of the molecule is CSc1ncc(-c2cnc3[nH]ccc3n2)c(NC2CCCN(S(=O)(=O)CC(C)C)C2)n1. The highest BCUT2D eigenvalue weighted by Gasteiger charge is 2.30. The number of sulfonamides is 1. The molecule has 0 amide bonds. The highest BCUT2D eigenvalue weighted by Crippen LogP contribution is 2.29. The predicted molar refractivity (Wildman–Crippen MR) is 124 cm³/mol. The maximum absolute atomic E-state index is 12.7. The van der Waals surface area contributed by atoms with Gasteiger partial charge in [0, 0.05) is 31.5 Å². The Morgan fingerprint density at radius 1 is 1.29 bits per heavy atom. The van der Waals surface area contributed by atoms with Gasteiger partial charge in [-0.25, -0.2) is 28.4 Å². The van der Waals surface area contributed by atoms with E-state index in [2.05, 4.69) is 30.2 Å². The maximum Gasteiger partial charge on any atom is 0.214 e. The third-order valence-corrected chi connectivity index (χ3v) is 7.92. The van der Waals surface area contributed by atoms with E-state index in [1.165, 1.54) is 11.8 Å². The molecule has 2 N–H and O–H groups in total. The van der Waals surface area contributed by atoms with Crippen LogP contribution < -0.4 is 5.32 Å². The summed E-state index contributed by atoms with van der Waals surface area (Å²) in [5.41, 5.74) is 2.90. The summed E-state index contributed by atoms with van der Waals surface area (Å²) < 4.78 is 27.1. The fraction of sp³-hybridized carbons (Fsp3) is 0.500. The summed E-state index contributed by atoms with van der Waals surface area (Å²) in [7, 11) is -3.27. The summed E-state index contributed by atoms with van der Waals surface area (Å²) in [5.74, 6) is 0.913. The predicted octanol–water partition coefficient (Wildman–Crippen LogP) is 3.00. The van der Waals surface area contributed by atoms with Crippen molar-refractivity contribution in [1.29, 1.82) is 0 Å². The van der Waals surface area contributed by atoms with Gasteiger partial charge in [0.05, 0.1) is 23.2 Å². The molecule has 9 nitrogen and oxygen atoms in total. The first kappa shape index (κ1) is 22.0. The topological polar surface area (TPSA) is 117 Å². The number of thioether (sulfide) groups is 1. The molecule has 3 aromatic rings. The first-order valence-corrected chi connectivity index (χ1v) is 13.1. The first-order valence-electron chi connectivity index (χ1n) is 10.3. The highest BCUT2D eigenvalue weighted by molar-refractivity contribution is 7.98. The van der Waals surface area contributed by atoms with Crippen molar-refractivity contribution in [1.82, 2.24) is 29.2 Å². The van der Waals surface area contributed by atoms with E-state index in [9.17, 15) is 8.42 Å². The van der Waals surface area contributed by atoms with Crippen LogP contribution in [-0.2, 0) is 10.0 Å². The van der Waals surface area contributed by atoms with Gasteiger partial charge in [0.2, 0.25) is 10.0 Å². The molecule has 3 aromatic heterocycles. The van der Waals surface area contributed by atoms with Crippen molar-refractivity contribution < 1.29 is 8.42 Å². The fourth-order valence-corrected chi connectivity index (χ4v) is 5.96. The van der Waals surface area contributed by atoms with E-state index >= 15 is 0 Å². The zero-order valence-corrected chi connectivity index (χ0v) is 19.5. The minimum atomic E-state index is -3.27. The van der Waals surface area contributed by atoms with Gasteiger partial charge in [0.25, 0.3) is 0 Å². The molecule has 0 radical (unpaired) electrons. The van der Waals surface area contributed by atoms with Crippen molar-refractivity contribution in [2.24, 2.45) is 5.92 Å². The van der Waals surface area contributed by atoms with E-state index in [0.717, 1.165) is 29.6 Å². The molecule has 0 bridgehead atoms. The third kappa shape index (κ3) is 4.99. The second-order valence-electron chi connectivity index (χ2n) is 8.10. The molecule has 1 unspecified atom stereocenters. The normalized spacial score (nSPS) is 18.0. The number of anilines is 1. The molecule has 1 aliphatic rings. The number of aromatic nitrogens is 5. The van der Waals surface area contributed by atoms with Crippen molar-refractivity contribution in [2.75, 3.05) is 30.4 Å². The van der Waals surface area contributed by atoms with E-state index in [1.54, 1.807) is 22.9 Å². The molecule has 0 saturated carbocycles. The molecule has 0 aromatic carbocycles. The molecule has 1 aliphatic heterocycles. The largest absolute Gasteiger partial charge is 0.365 e. The average molecular weight is 462 g/mol. The smallest absolute Gasteiger partial charge is 0.214 e. The van der Waals surface area contributed by atoms with E-state index in [1.807, 2.05) is 26.2 Å². The summed E-state index contributed by atoms with van der Waals surface area (Å²) in [5, 5.41) is 4.11. The van der Waals surface area contributed by atoms with Gasteiger partial charge in [0.15, 0.2) is 10.8 Å². The van der Waals surface area contributed by atoms with Crippen molar-refractivity contribution >= 4 is 38.8 Å². The second-order valence-corrected chi connectivity index (χ2v) is 10.9. The van der Waals surface area contributed by atoms with Crippen molar-refractivity contribution in [3.8, 4) is 11.3 Å². The molecule has 0 aliphatic carbocycles. The molecule has 1 saturated heterocycles. The zero-order chi connectivity index (χ0) is 22.0. The monoisotopic (exact) mass is 461 g/mol. The Morgan fingerprint density at radius 2 is 2.13 bits per heavy atom. The second kappa shape index (κ2) is 9.09. The van der Waals surface area contributed by atoms with Gasteiger partial charge in [-0.15, -0.1) is 0 Å². The Kier molecular flexibility index (Phi) is 6.44. The van der Waals surface area contributed by atoms with Crippen LogP contribution in [0.3, 0.4) is 0 Å². The Morgan fingerprint density at radius 3 is 2.90 bits per heavy atom. The molecular formula is C20H27N7O2S2. The van der Waals surface area contributed by atoms with Crippen LogP contribution in [0.5, 0.6) is 0 Å². The Hall–Kier alpha value is -2.24. The highest BCUT2D eigenvalue weighted by atomic mass is 32.2. The molecule has 0 spiro atoms. The molecule has 1 atom stereocenters. The number of rotatable bonds is 7. The molecule has 166 valence electrons. The lowest BCUT2D eigenvalue weighted by Gasteiger charge is -2.33. The molecule has 4 rings (SSSR count). The van der Waals surface area contributed by atoms with Gasteiger partial charge < -0.3 is 10.3 Å². The Balaban J connectivity index is 1.61. The molecule has 1 fully saturated rings. The van der Waals surface area contributed by atoms with Gasteiger partial charge in [-0.3, -0.25) is 0 Å². The fourth-order valence-electron chi connectivity index (χ4n) is 3.75. The van der Waals surface area contributed by atoms with Crippen LogP contribution in [0.15, 0.2) is 29.8 Å². The summed E-state index contributed by atoms with van der Waals surface area (Å²) >= 11 is 1.45. The Bertz CT molecular complexity index is 1160. The number of nitrogens with zero attached hydrogens (tertiary/aromatic N) is 5. The molecule has 11 heteroatoms. The van der Waals surface area contributed by atoms with Crippen LogP contribution in [0.4, 0.5) is 5.82 Å². The van der Waals surface area contributed by atoms with Crippen molar-refractivity contribution in [2.45, 2.75) is 37.9 Å². The number of hydrogen-bond acceptors (Lipinski definition) is 8. The minimum Gasteiger partial charge on any atom is -0.365 e. The lowest BCUT2D eigenvalue weighted by Crippen LogP contribution is -2.46. The maximum atomic E-state index is 12.7. The molecule has 4 heterocycles. The minimum absolute atomic E-state index is 0.0389. The van der Waals surface area contributed by atoms with Gasteiger partial charge in [-0.2, -0.15) is 4.31 Å². The Labute approximate surface area is 186 Å². The quantitative estimate of drug-likeness (QED) is 0.407. The molecular weight excluding hydrogens is 434 g/mol. The first-order chi connectivity index (χ1) is 14.9. The van der Waals surface area contributed by atoms with E-state index < -0.39 is 10.0 Å². The van der Waals surface area contributed by atoms with Crippen LogP contribution in [0.1, 0.15) is 26.7 Å². The standard InChI is InChI=1S/C20H27N7O2S2/c1-13(2)12-31(28,29)27-8-4-5-14(11-27)24-18-15(9-23-20(26-18)30-3)17-10-22-19-16(25-17)6-7-21-19/h6-7,9-10,13-14H,4-5,8,11-12H2,1-3H3,(H,21,22)(H,23,24,26). The number of piperidine rings is 1. The van der Waals surface area contributed by atoms with E-state index in [0.29, 0.717) is 29.8 Å². The summed E-state index contributed by atoms with van der Waals surface area (Å²) in [6, 6.07) is 1.83. The number of hydrogen-bond donors (Lipinski definition) is 2. The van der Waals surface area contributed by atoms with Crippen LogP contribution >= 0.6 is 11.8 Å². The summed E-state index contributed by atoms with van der Waals surface area (Å²) in [6.07, 6.45) is 8.84. The van der Waals surface area contributed by atoms with Crippen LogP contribution in [0.2, 0.25) is 0 Å². The number of fused-ring (bicyclic) bond motifs is 1. The number of H-pyrrole nitrogens is 1. The van der Waals surface area contributed by atoms with Crippen LogP contribution in [0, 0.1) is 5.92 Å². The van der Waals surface area contributed by atoms with Gasteiger partial charge in [-0.05, 0) is 31.1 Å². The third-order valence-electron chi connectivity index (χ3n) is 5.15. The zero-order valence-electron chi connectivity index (χ0n) is 17.9. The number of aromatic amines is 1. The van der Waals surface area contributed by atoms with E-state index in [-0.39, 0.29) is 17.7 Å². The van der Waals surface area contributed by atoms with Gasteiger partial charge >= 0.3 is 0 Å². The number of nitrogens with one attached hydrogen (secondary N) is 2. The van der Waals surface area contributed by atoms with Crippen molar-refractivity contribution in [3.05, 3.63) is 24.7 Å². The summed E-state index contributed by atoms with van der Waals surface area (Å²) in [4.78, 5) is 21.2. The lowest BCUT2D eigenvalue weighted by molar-refractivity contribution is 0.325. The van der Waals surface area contributed by atoms with Crippen LogP contribution in [-0.4, -0.2) is 68.8 Å². The average Bonchev–Trinajstić information content (AvgIpc) is 3.21. The summed E-state index contributed by atoms with van der Waals surface area (Å²) in [6.45, 7) is 4.85. The van der Waals surface area contributed by atoms with Crippen molar-refractivity contribution in [3.63, 3.8) is 0 Å². The van der Waals surface area contributed by atoms with Gasteiger partial charge in [0.1, 0.15) is 11.3 Å². The van der Waals surface area contributed by atoms with Crippen LogP contribution in [0.25, 0.3) is 22.4 Å². The molecule has 31 heavy (non-hydrogen) atoms. The van der Waals surface area contributed by atoms with Gasteiger partial charge in [-0.1, -0.05) is 25.6 Å². The lowest BCUT2D eigenvalue weighted by atomic mass is 10.1.